The predicted molar refractivity (Wildman–Crippen MR) is 48.4 cm³/mol. The Balaban J connectivity index is 0.000000130. The molecule has 0 aliphatic heterocycles. The Morgan fingerprint density at radius 1 is 1.15 bits per heavy atom. The van der Waals surface area contributed by atoms with Gasteiger partial charge in [-0.15, -0.1) is 0 Å². The second-order valence-corrected chi connectivity index (χ2v) is 2.85. The van der Waals surface area contributed by atoms with Crippen molar-refractivity contribution in [3.63, 3.8) is 0 Å². The van der Waals surface area contributed by atoms with E-state index >= 15 is 0 Å². The molecule has 68 valence electrons. The molecule has 3 nitrogen and oxygen atoms in total. The molecule has 0 atom stereocenters. The summed E-state index contributed by atoms with van der Waals surface area (Å²) in [4.78, 5) is 19.5. The average Bonchev–Trinajstić information content (AvgIpc) is 1.95. The highest BCUT2D eigenvalue weighted by molar-refractivity contribution is 5.93. The molecule has 2 aliphatic rings. The highest BCUT2D eigenvalue weighted by atomic mass is 16.4. The third-order valence-corrected chi connectivity index (χ3v) is 1.62. The lowest BCUT2D eigenvalue weighted by atomic mass is 9.95. The lowest BCUT2D eigenvalue weighted by Crippen LogP contribution is -2.00. The van der Waals surface area contributed by atoms with E-state index in [1.807, 2.05) is 0 Å². The minimum absolute atomic E-state index is 0.312. The van der Waals surface area contributed by atoms with Crippen LogP contribution in [0, 0.1) is 0 Å². The number of fused-ring (bicyclic) bond motifs is 1. The predicted octanol–water partition coefficient (Wildman–Crippen LogP) is 1.72. The van der Waals surface area contributed by atoms with Gasteiger partial charge in [0, 0.05) is 0 Å². The molecule has 0 aromatic carbocycles. The van der Waals surface area contributed by atoms with Crippen molar-refractivity contribution in [2.45, 2.75) is 13.3 Å². The Hall–Kier alpha value is -1.64. The van der Waals surface area contributed by atoms with Crippen LogP contribution in [0.2, 0.25) is 0 Å². The van der Waals surface area contributed by atoms with E-state index in [2.05, 4.69) is 24.3 Å². The molecule has 13 heavy (non-hydrogen) atoms. The maximum atomic E-state index is 9.87. The van der Waals surface area contributed by atoms with E-state index in [1.165, 1.54) is 18.1 Å². The minimum atomic E-state index is -1.06. The summed E-state index contributed by atoms with van der Waals surface area (Å²) in [5, 5.41) is 7.86. The normalized spacial score (nSPS) is 9.62. The lowest BCUT2D eigenvalue weighted by molar-refractivity contribution is -0.139. The standard InChI is InChI=1S/C6H4.C4H6O3/c1-2-6-4-3-5(1)6;1-3(5)2-4(6)7/h1-4H;2H2,1H3,(H,6,7). The summed E-state index contributed by atoms with van der Waals surface area (Å²) >= 11 is 0. The summed E-state index contributed by atoms with van der Waals surface area (Å²) in [6.45, 7) is 1.24. The van der Waals surface area contributed by atoms with Gasteiger partial charge in [0.2, 0.25) is 0 Å². The zero-order valence-electron chi connectivity index (χ0n) is 7.28. The maximum Gasteiger partial charge on any atom is 0.310 e. The highest BCUT2D eigenvalue weighted by Gasteiger charge is 2.03. The van der Waals surface area contributed by atoms with Crippen LogP contribution in [-0.2, 0) is 9.59 Å². The number of ketones is 1. The molecule has 0 aromatic heterocycles. The summed E-state index contributed by atoms with van der Waals surface area (Å²) in [7, 11) is 0. The second kappa shape index (κ2) is 3.85. The molecule has 0 radical (unpaired) electrons. The number of hydrogen-bond donors (Lipinski definition) is 1. The van der Waals surface area contributed by atoms with Gasteiger partial charge in [-0.2, -0.15) is 0 Å². The first-order valence-electron chi connectivity index (χ1n) is 3.91. The quantitative estimate of drug-likeness (QED) is 0.712. The number of carbonyl (C=O) groups excluding carboxylic acids is 1. The van der Waals surface area contributed by atoms with Crippen molar-refractivity contribution in [2.75, 3.05) is 0 Å². The molecule has 0 unspecified atom stereocenters. The fourth-order valence-corrected chi connectivity index (χ4v) is 0.876. The molecule has 0 aromatic rings. The Kier molecular flexibility index (Phi) is 2.80. The van der Waals surface area contributed by atoms with Crippen molar-refractivity contribution < 1.29 is 14.7 Å². The van der Waals surface area contributed by atoms with Gasteiger partial charge < -0.3 is 5.11 Å². The van der Waals surface area contributed by atoms with Gasteiger partial charge in [-0.1, -0.05) is 24.3 Å². The monoisotopic (exact) mass is 178 g/mol. The van der Waals surface area contributed by atoms with Crippen molar-refractivity contribution >= 4 is 11.8 Å². The second-order valence-electron chi connectivity index (χ2n) is 2.85. The molecule has 2 rings (SSSR count). The summed E-state index contributed by atoms with van der Waals surface area (Å²) in [5.74, 6) is -1.37. The number of aliphatic carboxylic acids is 1. The van der Waals surface area contributed by atoms with Crippen LogP contribution in [-0.4, -0.2) is 16.9 Å². The number of benzene rings is 1. The number of hydrogen-bond acceptors (Lipinski definition) is 2. The van der Waals surface area contributed by atoms with E-state index < -0.39 is 5.97 Å². The average molecular weight is 178 g/mol. The lowest BCUT2D eigenvalue weighted by Gasteiger charge is -2.10. The van der Waals surface area contributed by atoms with Crippen LogP contribution < -0.4 is 0 Å². The first-order valence-corrected chi connectivity index (χ1v) is 3.91. The molecule has 0 spiro atoms. The SMILES string of the molecule is CC(=O)CC(=O)O.c1cc2ccc1-2. The summed E-state index contributed by atoms with van der Waals surface area (Å²) < 4.78 is 0. The van der Waals surface area contributed by atoms with Crippen LogP contribution in [0.4, 0.5) is 0 Å². The van der Waals surface area contributed by atoms with Gasteiger partial charge >= 0.3 is 5.97 Å². The van der Waals surface area contributed by atoms with Crippen LogP contribution >= 0.6 is 0 Å². The molecule has 0 amide bonds. The minimum Gasteiger partial charge on any atom is -0.481 e. The van der Waals surface area contributed by atoms with Crippen molar-refractivity contribution in [1.82, 2.24) is 0 Å². The molecular weight excluding hydrogens is 168 g/mol. The van der Waals surface area contributed by atoms with E-state index in [4.69, 9.17) is 5.11 Å². The molecule has 0 saturated carbocycles. The summed E-state index contributed by atoms with van der Waals surface area (Å²) in [6.07, 6.45) is -0.361. The van der Waals surface area contributed by atoms with E-state index in [0.29, 0.717) is 0 Å². The highest BCUT2D eigenvalue weighted by Crippen LogP contribution is 2.29. The fraction of sp³-hybridized carbons (Fsp3) is 0.200. The Morgan fingerprint density at radius 3 is 1.54 bits per heavy atom. The van der Waals surface area contributed by atoms with Crippen LogP contribution in [0.15, 0.2) is 24.3 Å². The van der Waals surface area contributed by atoms with Crippen LogP contribution in [0.1, 0.15) is 13.3 Å². The third kappa shape index (κ3) is 2.71. The molecule has 1 N–H and O–H groups in total. The summed E-state index contributed by atoms with van der Waals surface area (Å²) in [5.41, 5.74) is 2.85. The molecular formula is C10H10O3. The van der Waals surface area contributed by atoms with Crippen molar-refractivity contribution in [3.05, 3.63) is 24.3 Å². The van der Waals surface area contributed by atoms with Gasteiger partial charge in [0.25, 0.3) is 0 Å². The Labute approximate surface area is 76.0 Å². The largest absolute Gasteiger partial charge is 0.481 e. The first-order chi connectivity index (χ1) is 6.09. The number of carboxylic acid groups (broad SMARTS) is 1. The zero-order valence-corrected chi connectivity index (χ0v) is 7.28. The number of Topliss-reactive ketones (excluding diaryl/α,β-unsaturated/α-hetero) is 1. The molecule has 2 aliphatic carbocycles. The molecule has 0 fully saturated rings. The number of carboxylic acids is 1. The van der Waals surface area contributed by atoms with E-state index in [1.54, 1.807) is 0 Å². The van der Waals surface area contributed by atoms with Gasteiger partial charge in [0.05, 0.1) is 0 Å². The van der Waals surface area contributed by atoms with E-state index in [9.17, 15) is 9.59 Å². The maximum absolute atomic E-state index is 9.87. The zero-order chi connectivity index (χ0) is 9.84. The first kappa shape index (κ1) is 9.45. The summed E-state index contributed by atoms with van der Waals surface area (Å²) in [6, 6.07) is 8.48. The Morgan fingerprint density at radius 2 is 1.54 bits per heavy atom. The number of carbonyl (C=O) groups is 2. The van der Waals surface area contributed by atoms with Crippen LogP contribution in [0.3, 0.4) is 0 Å². The Bertz CT molecular complexity index is 292. The number of rotatable bonds is 2. The van der Waals surface area contributed by atoms with Gasteiger partial charge in [0.1, 0.15) is 12.2 Å². The van der Waals surface area contributed by atoms with Gasteiger partial charge in [-0.3, -0.25) is 9.59 Å². The van der Waals surface area contributed by atoms with Crippen molar-refractivity contribution in [3.8, 4) is 11.1 Å². The van der Waals surface area contributed by atoms with Gasteiger partial charge in [-0.25, -0.2) is 0 Å². The van der Waals surface area contributed by atoms with E-state index in [0.717, 1.165) is 0 Å². The third-order valence-electron chi connectivity index (χ3n) is 1.62. The molecule has 0 saturated heterocycles. The topological polar surface area (TPSA) is 54.4 Å². The van der Waals surface area contributed by atoms with Crippen molar-refractivity contribution in [2.24, 2.45) is 0 Å². The van der Waals surface area contributed by atoms with Gasteiger partial charge in [0.15, 0.2) is 0 Å². The van der Waals surface area contributed by atoms with Crippen molar-refractivity contribution in [1.29, 1.82) is 0 Å². The van der Waals surface area contributed by atoms with Crippen LogP contribution in [0.5, 0.6) is 0 Å². The fourth-order valence-electron chi connectivity index (χ4n) is 0.876. The smallest absolute Gasteiger partial charge is 0.310 e. The molecule has 0 bridgehead atoms. The van der Waals surface area contributed by atoms with Crippen LogP contribution in [0.25, 0.3) is 11.1 Å². The molecule has 3 heteroatoms. The van der Waals surface area contributed by atoms with E-state index in [-0.39, 0.29) is 12.2 Å². The van der Waals surface area contributed by atoms with Gasteiger partial charge in [-0.05, 0) is 18.1 Å². The molecule has 0 heterocycles.